The van der Waals surface area contributed by atoms with Crippen LogP contribution in [0.4, 0.5) is 0 Å². The average Bonchev–Trinajstić information content (AvgIpc) is 2.98. The molecule has 1 aliphatic carbocycles. The maximum absolute atomic E-state index is 12.2. The maximum atomic E-state index is 12.2. The summed E-state index contributed by atoms with van der Waals surface area (Å²) in [5.74, 6) is 0. The molecule has 2 heterocycles. The van der Waals surface area contributed by atoms with Crippen molar-refractivity contribution in [3.05, 3.63) is 38.8 Å². The lowest BCUT2D eigenvalue weighted by Gasteiger charge is -2.03. The summed E-state index contributed by atoms with van der Waals surface area (Å²) >= 11 is 4.91. The van der Waals surface area contributed by atoms with Crippen LogP contribution >= 0.6 is 27.3 Å². The number of hydrogen-bond donors (Lipinski definition) is 3. The third kappa shape index (κ3) is 3.95. The average molecular weight is 390 g/mol. The summed E-state index contributed by atoms with van der Waals surface area (Å²) in [7, 11) is -3.48. The molecule has 0 saturated heterocycles. The van der Waals surface area contributed by atoms with Crippen molar-refractivity contribution >= 4 is 37.3 Å². The zero-order valence-electron chi connectivity index (χ0n) is 11.2. The largest absolute Gasteiger partial charge is 0.363 e. The molecule has 0 aliphatic heterocycles. The minimum absolute atomic E-state index is 0.280. The highest BCUT2D eigenvalue weighted by Gasteiger charge is 2.21. The number of thiophene rings is 1. The summed E-state index contributed by atoms with van der Waals surface area (Å²) in [5.41, 5.74) is 0.888. The second kappa shape index (κ2) is 6.21. The maximum Gasteiger partial charge on any atom is 0.242 e. The van der Waals surface area contributed by atoms with E-state index in [4.69, 9.17) is 0 Å². The van der Waals surface area contributed by atoms with Gasteiger partial charge in [0.05, 0.1) is 4.90 Å². The molecular weight excluding hydrogens is 374 g/mol. The van der Waals surface area contributed by atoms with Gasteiger partial charge in [0, 0.05) is 40.4 Å². The third-order valence-corrected chi connectivity index (χ3v) is 6.61. The summed E-state index contributed by atoms with van der Waals surface area (Å²) in [4.78, 5) is 4.25. The van der Waals surface area contributed by atoms with E-state index in [0.29, 0.717) is 19.1 Å². The van der Waals surface area contributed by atoms with Crippen molar-refractivity contribution in [2.45, 2.75) is 36.9 Å². The Hall–Kier alpha value is -0.670. The number of rotatable bonds is 7. The van der Waals surface area contributed by atoms with Gasteiger partial charge >= 0.3 is 0 Å². The number of hydrogen-bond acceptors (Lipinski definition) is 4. The first kappa shape index (κ1) is 15.2. The highest BCUT2D eigenvalue weighted by Crippen LogP contribution is 2.23. The SMILES string of the molecule is O=S(=O)(NCc1sccc1Br)c1c[nH]c(CNC2CC2)c1. The van der Waals surface area contributed by atoms with Gasteiger partial charge < -0.3 is 10.3 Å². The van der Waals surface area contributed by atoms with Crippen molar-refractivity contribution in [3.8, 4) is 0 Å². The topological polar surface area (TPSA) is 74.0 Å². The highest BCUT2D eigenvalue weighted by molar-refractivity contribution is 9.10. The van der Waals surface area contributed by atoms with Crippen molar-refractivity contribution in [1.29, 1.82) is 0 Å². The molecule has 114 valence electrons. The molecule has 5 nitrogen and oxygen atoms in total. The number of aromatic nitrogens is 1. The van der Waals surface area contributed by atoms with E-state index in [-0.39, 0.29) is 4.90 Å². The lowest BCUT2D eigenvalue weighted by molar-refractivity contribution is 0.582. The molecule has 0 radical (unpaired) electrons. The van der Waals surface area contributed by atoms with Gasteiger partial charge in [-0.2, -0.15) is 0 Å². The van der Waals surface area contributed by atoms with E-state index in [1.807, 2.05) is 11.4 Å². The number of nitrogens with one attached hydrogen (secondary N) is 3. The molecule has 0 bridgehead atoms. The second-order valence-corrected chi connectivity index (χ2v) is 8.65. The van der Waals surface area contributed by atoms with Crippen molar-refractivity contribution in [2.75, 3.05) is 0 Å². The Morgan fingerprint density at radius 2 is 2.19 bits per heavy atom. The summed E-state index contributed by atoms with van der Waals surface area (Å²) < 4.78 is 28.0. The van der Waals surface area contributed by atoms with Gasteiger partial charge in [-0.05, 0) is 46.3 Å². The van der Waals surface area contributed by atoms with Crippen molar-refractivity contribution < 1.29 is 8.42 Å². The van der Waals surface area contributed by atoms with Crippen LogP contribution in [0.2, 0.25) is 0 Å². The van der Waals surface area contributed by atoms with Crippen LogP contribution in [0.25, 0.3) is 0 Å². The van der Waals surface area contributed by atoms with Gasteiger partial charge in [0.1, 0.15) is 0 Å². The van der Waals surface area contributed by atoms with Gasteiger partial charge in [-0.15, -0.1) is 11.3 Å². The van der Waals surface area contributed by atoms with Gasteiger partial charge in [0.15, 0.2) is 0 Å². The van der Waals surface area contributed by atoms with Crippen LogP contribution in [0.5, 0.6) is 0 Å². The third-order valence-electron chi connectivity index (χ3n) is 3.30. The Bertz CT molecular complexity index is 719. The molecule has 8 heteroatoms. The van der Waals surface area contributed by atoms with Crippen LogP contribution in [-0.2, 0) is 23.1 Å². The molecular formula is C13H16BrN3O2S2. The van der Waals surface area contributed by atoms with Gasteiger partial charge in [0.25, 0.3) is 0 Å². The summed E-state index contributed by atoms with van der Waals surface area (Å²) in [6, 6.07) is 4.19. The summed E-state index contributed by atoms with van der Waals surface area (Å²) in [6.07, 6.45) is 3.96. The minimum atomic E-state index is -3.48. The van der Waals surface area contributed by atoms with E-state index < -0.39 is 10.0 Å². The Balaban J connectivity index is 1.62. The van der Waals surface area contributed by atoms with Gasteiger partial charge in [-0.1, -0.05) is 0 Å². The molecule has 1 saturated carbocycles. The first-order valence-corrected chi connectivity index (χ1v) is 9.82. The van der Waals surface area contributed by atoms with Crippen molar-refractivity contribution in [3.63, 3.8) is 0 Å². The molecule has 2 aromatic rings. The Morgan fingerprint density at radius 1 is 1.38 bits per heavy atom. The van der Waals surface area contributed by atoms with Gasteiger partial charge in [0.2, 0.25) is 10.0 Å². The first-order chi connectivity index (χ1) is 10.0. The number of H-pyrrole nitrogens is 1. The lowest BCUT2D eigenvalue weighted by Crippen LogP contribution is -2.22. The van der Waals surface area contributed by atoms with E-state index in [0.717, 1.165) is 15.0 Å². The zero-order chi connectivity index (χ0) is 14.9. The number of aromatic amines is 1. The molecule has 3 rings (SSSR count). The molecule has 1 aliphatic rings. The Kier molecular flexibility index (Phi) is 4.51. The standard InChI is InChI=1S/C13H16BrN3O2S2/c14-12-3-4-20-13(12)8-17-21(18,19)11-5-10(16-7-11)6-15-9-1-2-9/h3-5,7,9,15-17H,1-2,6,8H2. The molecule has 0 amide bonds. The van der Waals surface area contributed by atoms with E-state index in [9.17, 15) is 8.42 Å². The Labute approximate surface area is 136 Å². The van der Waals surface area contributed by atoms with E-state index >= 15 is 0 Å². The van der Waals surface area contributed by atoms with Crippen LogP contribution in [-0.4, -0.2) is 19.4 Å². The molecule has 0 aromatic carbocycles. The first-order valence-electron chi connectivity index (χ1n) is 6.67. The normalized spacial score (nSPS) is 15.5. The summed E-state index contributed by atoms with van der Waals surface area (Å²) in [5, 5.41) is 5.27. The van der Waals surface area contributed by atoms with Gasteiger partial charge in [-0.25, -0.2) is 13.1 Å². The Morgan fingerprint density at radius 3 is 2.86 bits per heavy atom. The summed E-state index contributed by atoms with van der Waals surface area (Å²) in [6.45, 7) is 0.970. The van der Waals surface area contributed by atoms with E-state index in [1.165, 1.54) is 30.4 Å². The van der Waals surface area contributed by atoms with Crippen molar-refractivity contribution in [1.82, 2.24) is 15.0 Å². The van der Waals surface area contributed by atoms with Crippen LogP contribution in [0.3, 0.4) is 0 Å². The van der Waals surface area contributed by atoms with Crippen molar-refractivity contribution in [2.24, 2.45) is 0 Å². The molecule has 0 unspecified atom stereocenters. The molecule has 1 fully saturated rings. The highest BCUT2D eigenvalue weighted by atomic mass is 79.9. The van der Waals surface area contributed by atoms with Crippen LogP contribution in [0, 0.1) is 0 Å². The molecule has 2 aromatic heterocycles. The van der Waals surface area contributed by atoms with E-state index in [2.05, 4.69) is 31.0 Å². The fourth-order valence-electron chi connectivity index (χ4n) is 1.91. The molecule has 0 spiro atoms. The van der Waals surface area contributed by atoms with Crippen LogP contribution in [0.15, 0.2) is 33.1 Å². The monoisotopic (exact) mass is 389 g/mol. The van der Waals surface area contributed by atoms with Gasteiger partial charge in [-0.3, -0.25) is 0 Å². The molecule has 0 atom stereocenters. The lowest BCUT2D eigenvalue weighted by atomic mass is 10.4. The molecule has 3 N–H and O–H groups in total. The zero-order valence-corrected chi connectivity index (χ0v) is 14.4. The minimum Gasteiger partial charge on any atom is -0.363 e. The quantitative estimate of drug-likeness (QED) is 0.680. The fourth-order valence-corrected chi connectivity index (χ4v) is 4.45. The molecule has 21 heavy (non-hydrogen) atoms. The smallest absolute Gasteiger partial charge is 0.242 e. The van der Waals surface area contributed by atoms with Crippen LogP contribution in [0.1, 0.15) is 23.4 Å². The second-order valence-electron chi connectivity index (χ2n) is 5.03. The van der Waals surface area contributed by atoms with Crippen LogP contribution < -0.4 is 10.0 Å². The predicted molar refractivity (Wildman–Crippen MR) is 86.7 cm³/mol. The number of halogens is 1. The number of sulfonamides is 1. The van der Waals surface area contributed by atoms with E-state index in [1.54, 1.807) is 6.07 Å². The fraction of sp³-hybridized carbons (Fsp3) is 0.385. The predicted octanol–water partition coefficient (Wildman–Crippen LogP) is 2.57.